The van der Waals surface area contributed by atoms with E-state index in [2.05, 4.69) is 5.32 Å². The van der Waals surface area contributed by atoms with Gasteiger partial charge in [0, 0.05) is 11.4 Å². The molecule has 0 aliphatic carbocycles. The van der Waals surface area contributed by atoms with Crippen LogP contribution in [0.2, 0.25) is 0 Å². The van der Waals surface area contributed by atoms with E-state index in [1.165, 1.54) is 23.9 Å². The van der Waals surface area contributed by atoms with Crippen molar-refractivity contribution in [2.75, 3.05) is 12.3 Å². The number of thioether (sulfide) groups is 1. The van der Waals surface area contributed by atoms with Crippen LogP contribution in [0.15, 0.2) is 29.2 Å². The maximum atomic E-state index is 12.7. The number of nitrogens with one attached hydrogen (secondary N) is 1. The molecule has 1 unspecified atom stereocenters. The van der Waals surface area contributed by atoms with Gasteiger partial charge in [-0.15, -0.1) is 11.8 Å². The first-order valence-corrected chi connectivity index (χ1v) is 7.88. The number of aliphatic hydroxyl groups is 1. The van der Waals surface area contributed by atoms with Gasteiger partial charge in [0.1, 0.15) is 5.82 Å². The summed E-state index contributed by atoms with van der Waals surface area (Å²) in [5, 5.41) is 12.6. The molecule has 0 aliphatic heterocycles. The van der Waals surface area contributed by atoms with Gasteiger partial charge in [0.05, 0.1) is 11.9 Å². The van der Waals surface area contributed by atoms with Gasteiger partial charge in [-0.25, -0.2) is 4.39 Å². The Morgan fingerprint density at radius 2 is 1.90 bits per heavy atom. The van der Waals surface area contributed by atoms with Crippen molar-refractivity contribution in [3.05, 3.63) is 30.1 Å². The van der Waals surface area contributed by atoms with E-state index in [9.17, 15) is 14.3 Å². The zero-order valence-corrected chi connectivity index (χ0v) is 12.8. The van der Waals surface area contributed by atoms with Gasteiger partial charge in [0.2, 0.25) is 5.91 Å². The van der Waals surface area contributed by atoms with E-state index >= 15 is 0 Å². The number of amides is 1. The molecule has 0 bridgehead atoms. The molecular formula is C15H22FNO2S. The van der Waals surface area contributed by atoms with E-state index < -0.39 is 6.10 Å². The van der Waals surface area contributed by atoms with Crippen molar-refractivity contribution in [3.63, 3.8) is 0 Å². The third-order valence-corrected chi connectivity index (χ3v) is 4.30. The normalized spacial score (nSPS) is 12.4. The van der Waals surface area contributed by atoms with Crippen LogP contribution < -0.4 is 5.32 Å². The Kier molecular flexibility index (Phi) is 7.62. The lowest BCUT2D eigenvalue weighted by atomic mass is 9.97. The van der Waals surface area contributed by atoms with E-state index in [-0.39, 0.29) is 29.9 Å². The predicted octanol–water partition coefficient (Wildman–Crippen LogP) is 2.83. The summed E-state index contributed by atoms with van der Waals surface area (Å²) in [4.78, 5) is 12.5. The molecule has 5 heteroatoms. The Balaban J connectivity index is 2.28. The molecule has 1 aromatic rings. The van der Waals surface area contributed by atoms with Gasteiger partial charge >= 0.3 is 0 Å². The van der Waals surface area contributed by atoms with Crippen LogP contribution in [0.1, 0.15) is 26.7 Å². The summed E-state index contributed by atoms with van der Waals surface area (Å²) >= 11 is 1.35. The van der Waals surface area contributed by atoms with Crippen LogP contribution >= 0.6 is 11.8 Å². The second-order valence-corrected chi connectivity index (χ2v) is 5.74. The molecule has 0 saturated carbocycles. The van der Waals surface area contributed by atoms with Crippen LogP contribution in [0.5, 0.6) is 0 Å². The Labute approximate surface area is 124 Å². The highest BCUT2D eigenvalue weighted by Gasteiger charge is 2.16. The van der Waals surface area contributed by atoms with Crippen molar-refractivity contribution in [1.82, 2.24) is 5.32 Å². The summed E-state index contributed by atoms with van der Waals surface area (Å²) < 4.78 is 12.7. The van der Waals surface area contributed by atoms with E-state index in [1.54, 1.807) is 12.1 Å². The molecule has 0 radical (unpaired) electrons. The maximum absolute atomic E-state index is 12.7. The Bertz CT molecular complexity index is 407. The highest BCUT2D eigenvalue weighted by Crippen LogP contribution is 2.17. The number of carbonyl (C=O) groups is 1. The van der Waals surface area contributed by atoms with Crippen LogP contribution in [0.25, 0.3) is 0 Å². The van der Waals surface area contributed by atoms with Crippen molar-refractivity contribution in [3.8, 4) is 0 Å². The molecule has 0 aliphatic rings. The van der Waals surface area contributed by atoms with E-state index in [0.29, 0.717) is 0 Å². The Morgan fingerprint density at radius 1 is 1.30 bits per heavy atom. The zero-order valence-electron chi connectivity index (χ0n) is 11.9. The lowest BCUT2D eigenvalue weighted by Crippen LogP contribution is -2.36. The van der Waals surface area contributed by atoms with Crippen molar-refractivity contribution in [2.45, 2.75) is 37.7 Å². The monoisotopic (exact) mass is 299 g/mol. The average Bonchev–Trinajstić information content (AvgIpc) is 2.45. The summed E-state index contributed by atoms with van der Waals surface area (Å²) in [5.74, 6) is 0.0813. The zero-order chi connectivity index (χ0) is 15.0. The number of carbonyl (C=O) groups excluding carboxylic acids is 1. The van der Waals surface area contributed by atoms with Crippen molar-refractivity contribution in [2.24, 2.45) is 5.92 Å². The first kappa shape index (κ1) is 17.0. The lowest BCUT2D eigenvalue weighted by Gasteiger charge is -2.20. The van der Waals surface area contributed by atoms with Gasteiger partial charge in [0.25, 0.3) is 0 Å². The number of aliphatic hydroxyl groups excluding tert-OH is 1. The summed E-state index contributed by atoms with van der Waals surface area (Å²) in [6.45, 7) is 4.35. The number of rotatable bonds is 8. The molecule has 1 amide bonds. The molecule has 1 rings (SSSR count). The van der Waals surface area contributed by atoms with Gasteiger partial charge in [-0.3, -0.25) is 4.79 Å². The number of hydrogen-bond acceptors (Lipinski definition) is 3. The van der Waals surface area contributed by atoms with Gasteiger partial charge < -0.3 is 10.4 Å². The third-order valence-electron chi connectivity index (χ3n) is 3.28. The van der Waals surface area contributed by atoms with Gasteiger partial charge in [-0.2, -0.15) is 0 Å². The second-order valence-electron chi connectivity index (χ2n) is 4.69. The van der Waals surface area contributed by atoms with Gasteiger partial charge in [0.15, 0.2) is 0 Å². The Hall–Kier alpha value is -1.07. The summed E-state index contributed by atoms with van der Waals surface area (Å²) in [6, 6.07) is 6.03. The molecule has 2 N–H and O–H groups in total. The van der Waals surface area contributed by atoms with Crippen LogP contribution in [0.3, 0.4) is 0 Å². The Morgan fingerprint density at radius 3 is 2.45 bits per heavy atom. The van der Waals surface area contributed by atoms with E-state index in [4.69, 9.17) is 0 Å². The van der Waals surface area contributed by atoms with Crippen LogP contribution in [-0.4, -0.2) is 29.4 Å². The molecule has 1 aromatic carbocycles. The van der Waals surface area contributed by atoms with Crippen molar-refractivity contribution in [1.29, 1.82) is 0 Å². The minimum absolute atomic E-state index is 0.121. The van der Waals surface area contributed by atoms with Gasteiger partial charge in [-0.05, 0) is 30.2 Å². The first-order chi connectivity index (χ1) is 9.56. The van der Waals surface area contributed by atoms with Gasteiger partial charge in [-0.1, -0.05) is 26.7 Å². The summed E-state index contributed by atoms with van der Waals surface area (Å²) in [7, 11) is 0. The molecule has 20 heavy (non-hydrogen) atoms. The quantitative estimate of drug-likeness (QED) is 0.726. The molecule has 0 spiro atoms. The van der Waals surface area contributed by atoms with Crippen LogP contribution in [-0.2, 0) is 4.79 Å². The predicted molar refractivity (Wildman–Crippen MR) is 80.2 cm³/mol. The highest BCUT2D eigenvalue weighted by molar-refractivity contribution is 8.00. The fraction of sp³-hybridized carbons (Fsp3) is 0.533. The van der Waals surface area contributed by atoms with E-state index in [0.717, 1.165) is 17.7 Å². The maximum Gasteiger partial charge on any atom is 0.230 e. The van der Waals surface area contributed by atoms with Crippen LogP contribution in [0, 0.1) is 11.7 Å². The lowest BCUT2D eigenvalue weighted by molar-refractivity contribution is -0.119. The molecule has 1 atom stereocenters. The third kappa shape index (κ3) is 5.92. The van der Waals surface area contributed by atoms with Crippen molar-refractivity contribution < 1.29 is 14.3 Å². The number of hydrogen-bond donors (Lipinski definition) is 2. The second kappa shape index (κ2) is 8.97. The van der Waals surface area contributed by atoms with Crippen molar-refractivity contribution >= 4 is 17.7 Å². The molecule has 0 saturated heterocycles. The molecule has 112 valence electrons. The minimum atomic E-state index is -0.496. The topological polar surface area (TPSA) is 49.3 Å². The molecule has 0 fully saturated rings. The number of halogens is 1. The number of benzene rings is 1. The molecule has 3 nitrogen and oxygen atoms in total. The molecule has 0 aromatic heterocycles. The van der Waals surface area contributed by atoms with E-state index in [1.807, 2.05) is 13.8 Å². The smallest absolute Gasteiger partial charge is 0.230 e. The SMILES string of the molecule is CCC(CC)C(O)CNC(=O)CSc1ccc(F)cc1. The highest BCUT2D eigenvalue weighted by atomic mass is 32.2. The minimum Gasteiger partial charge on any atom is -0.391 e. The first-order valence-electron chi connectivity index (χ1n) is 6.89. The summed E-state index contributed by atoms with van der Waals surface area (Å²) in [6.07, 6.45) is 1.31. The molecule has 0 heterocycles. The molecular weight excluding hydrogens is 277 g/mol. The average molecular weight is 299 g/mol. The summed E-state index contributed by atoms with van der Waals surface area (Å²) in [5.41, 5.74) is 0. The largest absolute Gasteiger partial charge is 0.391 e. The standard InChI is InChI=1S/C15H22FNO2S/c1-3-11(4-2)14(18)9-17-15(19)10-20-13-7-5-12(16)6-8-13/h5-8,11,14,18H,3-4,9-10H2,1-2H3,(H,17,19). The fourth-order valence-corrected chi connectivity index (χ4v) is 2.68. The van der Waals surface area contributed by atoms with Crippen LogP contribution in [0.4, 0.5) is 4.39 Å². The fourth-order valence-electron chi connectivity index (χ4n) is 1.95.